The van der Waals surface area contributed by atoms with E-state index in [0.717, 1.165) is 12.2 Å². The quantitative estimate of drug-likeness (QED) is 0.770. The van der Waals surface area contributed by atoms with Gasteiger partial charge in [0.05, 0.1) is 12.8 Å². The highest BCUT2D eigenvalue weighted by Gasteiger charge is 2.09. The zero-order chi connectivity index (χ0) is 11.8. The number of nitrogens with one attached hydrogen (secondary N) is 1. The molecule has 0 aliphatic carbocycles. The second kappa shape index (κ2) is 7.23. The molecule has 1 heterocycles. The standard InChI is InChI=1S/C13H22N2O/c1-4-6-7-13(14-3)11-8-12(16-5-2)10-15-9-11/h8-10,13-14H,4-7H2,1-3H3. The third-order valence-corrected chi connectivity index (χ3v) is 2.64. The van der Waals surface area contributed by atoms with Crippen LogP contribution in [0.25, 0.3) is 0 Å². The molecular formula is C13H22N2O. The summed E-state index contributed by atoms with van der Waals surface area (Å²) < 4.78 is 5.46. The monoisotopic (exact) mass is 222 g/mol. The maximum Gasteiger partial charge on any atom is 0.137 e. The fourth-order valence-corrected chi connectivity index (χ4v) is 1.76. The Morgan fingerprint density at radius 2 is 2.19 bits per heavy atom. The minimum atomic E-state index is 0.382. The first-order valence-corrected chi connectivity index (χ1v) is 6.06. The van der Waals surface area contributed by atoms with Gasteiger partial charge in [-0.05, 0) is 32.0 Å². The molecule has 0 radical (unpaired) electrons. The molecule has 1 N–H and O–H groups in total. The van der Waals surface area contributed by atoms with Gasteiger partial charge >= 0.3 is 0 Å². The van der Waals surface area contributed by atoms with Crippen LogP contribution < -0.4 is 10.1 Å². The molecule has 16 heavy (non-hydrogen) atoms. The average Bonchev–Trinajstić information content (AvgIpc) is 2.31. The molecule has 3 heteroatoms. The van der Waals surface area contributed by atoms with Crippen molar-refractivity contribution in [3.8, 4) is 5.75 Å². The molecule has 0 aliphatic rings. The number of nitrogens with zero attached hydrogens (tertiary/aromatic N) is 1. The summed E-state index contributed by atoms with van der Waals surface area (Å²) in [5.74, 6) is 0.858. The zero-order valence-corrected chi connectivity index (χ0v) is 10.5. The molecule has 0 saturated heterocycles. The molecular weight excluding hydrogens is 200 g/mol. The van der Waals surface area contributed by atoms with E-state index in [2.05, 4.69) is 23.3 Å². The summed E-state index contributed by atoms with van der Waals surface area (Å²) in [5.41, 5.74) is 1.21. The second-order valence-electron chi connectivity index (χ2n) is 3.87. The third-order valence-electron chi connectivity index (χ3n) is 2.64. The molecule has 1 aromatic rings. The van der Waals surface area contributed by atoms with Crippen LogP contribution in [0.1, 0.15) is 44.7 Å². The number of aromatic nitrogens is 1. The third kappa shape index (κ3) is 3.81. The van der Waals surface area contributed by atoms with E-state index in [1.165, 1.54) is 18.4 Å². The lowest BCUT2D eigenvalue weighted by molar-refractivity contribution is 0.337. The molecule has 1 rings (SSSR count). The Bertz CT molecular complexity index is 302. The predicted octanol–water partition coefficient (Wildman–Crippen LogP) is 2.93. The smallest absolute Gasteiger partial charge is 0.137 e. The molecule has 0 aromatic carbocycles. The van der Waals surface area contributed by atoms with E-state index >= 15 is 0 Å². The summed E-state index contributed by atoms with van der Waals surface area (Å²) in [6.07, 6.45) is 7.27. The minimum Gasteiger partial charge on any atom is -0.492 e. The largest absolute Gasteiger partial charge is 0.492 e. The van der Waals surface area contributed by atoms with Crippen LogP contribution >= 0.6 is 0 Å². The van der Waals surface area contributed by atoms with E-state index in [1.807, 2.05) is 20.2 Å². The van der Waals surface area contributed by atoms with Crippen LogP contribution in [0.3, 0.4) is 0 Å². The van der Waals surface area contributed by atoms with Crippen molar-refractivity contribution in [2.75, 3.05) is 13.7 Å². The minimum absolute atomic E-state index is 0.382. The van der Waals surface area contributed by atoms with Crippen LogP contribution in [0.2, 0.25) is 0 Å². The highest BCUT2D eigenvalue weighted by molar-refractivity contribution is 5.25. The van der Waals surface area contributed by atoms with E-state index in [1.54, 1.807) is 6.20 Å². The fraction of sp³-hybridized carbons (Fsp3) is 0.615. The van der Waals surface area contributed by atoms with Gasteiger partial charge in [-0.25, -0.2) is 0 Å². The van der Waals surface area contributed by atoms with Gasteiger partial charge in [-0.2, -0.15) is 0 Å². The van der Waals surface area contributed by atoms with Gasteiger partial charge in [0.1, 0.15) is 5.75 Å². The van der Waals surface area contributed by atoms with Crippen LogP contribution in [0.15, 0.2) is 18.5 Å². The lowest BCUT2D eigenvalue weighted by Crippen LogP contribution is -2.16. The first kappa shape index (κ1) is 13.0. The summed E-state index contributed by atoms with van der Waals surface area (Å²) in [6.45, 7) is 4.88. The Kier molecular flexibility index (Phi) is 5.86. The SMILES string of the molecule is CCCCC(NC)c1cncc(OCC)c1. The van der Waals surface area contributed by atoms with Crippen LogP contribution in [-0.2, 0) is 0 Å². The molecule has 0 bridgehead atoms. The van der Waals surface area contributed by atoms with Crippen molar-refractivity contribution in [1.82, 2.24) is 10.3 Å². The topological polar surface area (TPSA) is 34.2 Å². The van der Waals surface area contributed by atoms with Crippen LogP contribution in [-0.4, -0.2) is 18.6 Å². The van der Waals surface area contributed by atoms with E-state index in [-0.39, 0.29) is 0 Å². The molecule has 0 spiro atoms. The number of pyridine rings is 1. The van der Waals surface area contributed by atoms with E-state index < -0.39 is 0 Å². The van der Waals surface area contributed by atoms with Crippen LogP contribution in [0, 0.1) is 0 Å². The van der Waals surface area contributed by atoms with Crippen molar-refractivity contribution in [2.45, 2.75) is 39.2 Å². The van der Waals surface area contributed by atoms with Gasteiger partial charge < -0.3 is 10.1 Å². The van der Waals surface area contributed by atoms with Crippen LogP contribution in [0.4, 0.5) is 0 Å². The Hall–Kier alpha value is -1.09. The second-order valence-corrected chi connectivity index (χ2v) is 3.87. The maximum absolute atomic E-state index is 5.46. The van der Waals surface area contributed by atoms with Gasteiger partial charge in [0.15, 0.2) is 0 Å². The highest BCUT2D eigenvalue weighted by atomic mass is 16.5. The van der Waals surface area contributed by atoms with Crippen molar-refractivity contribution in [1.29, 1.82) is 0 Å². The Labute approximate surface area is 98.2 Å². The Morgan fingerprint density at radius 1 is 1.38 bits per heavy atom. The lowest BCUT2D eigenvalue weighted by Gasteiger charge is -2.16. The van der Waals surface area contributed by atoms with Crippen molar-refractivity contribution >= 4 is 0 Å². The average molecular weight is 222 g/mol. The normalized spacial score (nSPS) is 12.4. The molecule has 0 saturated carbocycles. The summed E-state index contributed by atoms with van der Waals surface area (Å²) in [4.78, 5) is 4.22. The lowest BCUT2D eigenvalue weighted by atomic mass is 10.0. The summed E-state index contributed by atoms with van der Waals surface area (Å²) in [5, 5.41) is 3.33. The molecule has 0 aliphatic heterocycles. The Morgan fingerprint density at radius 3 is 2.81 bits per heavy atom. The first-order chi connectivity index (χ1) is 7.81. The van der Waals surface area contributed by atoms with Crippen molar-refractivity contribution in [3.05, 3.63) is 24.0 Å². The van der Waals surface area contributed by atoms with Gasteiger partial charge in [0.25, 0.3) is 0 Å². The van der Waals surface area contributed by atoms with E-state index in [4.69, 9.17) is 4.74 Å². The maximum atomic E-state index is 5.46. The van der Waals surface area contributed by atoms with Gasteiger partial charge in [-0.1, -0.05) is 19.8 Å². The highest BCUT2D eigenvalue weighted by Crippen LogP contribution is 2.21. The van der Waals surface area contributed by atoms with Crippen molar-refractivity contribution < 1.29 is 4.74 Å². The van der Waals surface area contributed by atoms with Gasteiger partial charge in [-0.15, -0.1) is 0 Å². The van der Waals surface area contributed by atoms with E-state index in [0.29, 0.717) is 12.6 Å². The summed E-state index contributed by atoms with van der Waals surface area (Å²) in [6, 6.07) is 2.46. The molecule has 90 valence electrons. The molecule has 0 amide bonds. The fourth-order valence-electron chi connectivity index (χ4n) is 1.76. The van der Waals surface area contributed by atoms with Crippen molar-refractivity contribution in [2.24, 2.45) is 0 Å². The van der Waals surface area contributed by atoms with Gasteiger partial charge in [-0.3, -0.25) is 4.98 Å². The zero-order valence-electron chi connectivity index (χ0n) is 10.5. The summed E-state index contributed by atoms with van der Waals surface area (Å²) >= 11 is 0. The number of hydrogen-bond donors (Lipinski definition) is 1. The number of ether oxygens (including phenoxy) is 1. The number of rotatable bonds is 7. The van der Waals surface area contributed by atoms with Gasteiger partial charge in [0, 0.05) is 12.2 Å². The number of unbranched alkanes of at least 4 members (excludes halogenated alkanes) is 1. The first-order valence-electron chi connectivity index (χ1n) is 6.06. The summed E-state index contributed by atoms with van der Waals surface area (Å²) in [7, 11) is 1.99. The van der Waals surface area contributed by atoms with Gasteiger partial charge in [0.2, 0.25) is 0 Å². The molecule has 1 aromatic heterocycles. The molecule has 3 nitrogen and oxygen atoms in total. The molecule has 0 fully saturated rings. The molecule has 1 unspecified atom stereocenters. The van der Waals surface area contributed by atoms with Crippen molar-refractivity contribution in [3.63, 3.8) is 0 Å². The molecule has 1 atom stereocenters. The Balaban J connectivity index is 2.71. The van der Waals surface area contributed by atoms with Crippen LogP contribution in [0.5, 0.6) is 5.75 Å². The predicted molar refractivity (Wildman–Crippen MR) is 66.7 cm³/mol. The van der Waals surface area contributed by atoms with E-state index in [9.17, 15) is 0 Å². The number of hydrogen-bond acceptors (Lipinski definition) is 3.